The highest BCUT2D eigenvalue weighted by Crippen LogP contribution is 2.36. The van der Waals surface area contributed by atoms with Crippen LogP contribution in [0.3, 0.4) is 0 Å². The van der Waals surface area contributed by atoms with E-state index in [-0.39, 0.29) is 6.61 Å². The molecule has 0 aromatic carbocycles. The maximum Gasteiger partial charge on any atom is 0.303 e. The Morgan fingerprint density at radius 2 is 1.70 bits per heavy atom. The van der Waals surface area contributed by atoms with Crippen molar-refractivity contribution in [2.75, 3.05) is 6.61 Å². The summed E-state index contributed by atoms with van der Waals surface area (Å²) in [6, 6.07) is 0. The summed E-state index contributed by atoms with van der Waals surface area (Å²) in [6.45, 7) is 7.00. The Hall–Kier alpha value is -1.63. The van der Waals surface area contributed by atoms with Crippen molar-refractivity contribution in [1.29, 1.82) is 0 Å². The number of hydrogen-bond acceptors (Lipinski definition) is 7. The van der Waals surface area contributed by atoms with Crippen molar-refractivity contribution in [1.82, 2.24) is 0 Å². The molecule has 0 amide bonds. The van der Waals surface area contributed by atoms with Crippen molar-refractivity contribution in [3.63, 3.8) is 0 Å². The first-order chi connectivity index (χ1) is 9.16. The van der Waals surface area contributed by atoms with Gasteiger partial charge in [0.2, 0.25) is 0 Å². The third-order valence-electron chi connectivity index (χ3n) is 3.10. The van der Waals surface area contributed by atoms with Gasteiger partial charge in [-0.2, -0.15) is 0 Å². The van der Waals surface area contributed by atoms with E-state index in [4.69, 9.17) is 18.9 Å². The predicted octanol–water partition coefficient (Wildman–Crippen LogP) is 0.590. The lowest BCUT2D eigenvalue weighted by Crippen LogP contribution is -2.52. The average Bonchev–Trinajstić information content (AvgIpc) is 2.49. The summed E-state index contributed by atoms with van der Waals surface area (Å²) in [5.74, 6) is -1.51. The van der Waals surface area contributed by atoms with Gasteiger partial charge in [0.05, 0.1) is 6.10 Å². The molecule has 1 aliphatic rings. The summed E-state index contributed by atoms with van der Waals surface area (Å²) in [5.41, 5.74) is -1.20. The lowest BCUT2D eigenvalue weighted by Gasteiger charge is -2.33. The SMILES string of the molecule is CC(=O)OC[C@H]1O[C@@H](C)[C@H](OC(C)=O)[C@@]1(C)OC(C)=O. The summed E-state index contributed by atoms with van der Waals surface area (Å²) in [5, 5.41) is 0. The number of ether oxygens (including phenoxy) is 4. The second-order valence-corrected chi connectivity index (χ2v) is 4.94. The molecule has 114 valence electrons. The predicted molar refractivity (Wildman–Crippen MR) is 66.7 cm³/mol. The van der Waals surface area contributed by atoms with Crippen LogP contribution in [0, 0.1) is 0 Å². The molecule has 7 nitrogen and oxygen atoms in total. The van der Waals surface area contributed by atoms with Crippen LogP contribution in [0.15, 0.2) is 0 Å². The molecule has 0 aromatic rings. The summed E-state index contributed by atoms with van der Waals surface area (Å²) < 4.78 is 21.0. The van der Waals surface area contributed by atoms with Gasteiger partial charge in [-0.15, -0.1) is 0 Å². The molecule has 0 aromatic heterocycles. The first kappa shape index (κ1) is 16.4. The van der Waals surface area contributed by atoms with Crippen molar-refractivity contribution in [3.05, 3.63) is 0 Å². The molecule has 0 aliphatic carbocycles. The van der Waals surface area contributed by atoms with Gasteiger partial charge < -0.3 is 18.9 Å². The Balaban J connectivity index is 2.96. The fraction of sp³-hybridized carbons (Fsp3) is 0.769. The van der Waals surface area contributed by atoms with Crippen LogP contribution in [0.5, 0.6) is 0 Å². The van der Waals surface area contributed by atoms with Gasteiger partial charge in [-0.1, -0.05) is 0 Å². The van der Waals surface area contributed by atoms with E-state index in [2.05, 4.69) is 0 Å². The zero-order valence-corrected chi connectivity index (χ0v) is 12.3. The van der Waals surface area contributed by atoms with E-state index >= 15 is 0 Å². The minimum atomic E-state index is -1.20. The van der Waals surface area contributed by atoms with Gasteiger partial charge in [-0.3, -0.25) is 14.4 Å². The molecule has 1 aliphatic heterocycles. The van der Waals surface area contributed by atoms with Crippen molar-refractivity contribution < 1.29 is 33.3 Å². The fourth-order valence-corrected chi connectivity index (χ4v) is 2.34. The molecule has 1 saturated heterocycles. The fourth-order valence-electron chi connectivity index (χ4n) is 2.34. The van der Waals surface area contributed by atoms with Gasteiger partial charge in [-0.05, 0) is 13.8 Å². The van der Waals surface area contributed by atoms with Crippen molar-refractivity contribution in [2.24, 2.45) is 0 Å². The molecule has 7 heteroatoms. The molecular formula is C13H20O7. The minimum absolute atomic E-state index is 0.0821. The zero-order chi connectivity index (χ0) is 15.5. The van der Waals surface area contributed by atoms with E-state index in [1.165, 1.54) is 20.8 Å². The maximum atomic E-state index is 11.3. The highest BCUT2D eigenvalue weighted by Gasteiger charge is 2.57. The van der Waals surface area contributed by atoms with Crippen molar-refractivity contribution >= 4 is 17.9 Å². The van der Waals surface area contributed by atoms with Crippen LogP contribution in [0.25, 0.3) is 0 Å². The second kappa shape index (κ2) is 6.21. The van der Waals surface area contributed by atoms with Crippen LogP contribution in [-0.4, -0.2) is 48.4 Å². The molecule has 4 atom stereocenters. The van der Waals surface area contributed by atoms with E-state index in [1.54, 1.807) is 13.8 Å². The lowest BCUT2D eigenvalue weighted by molar-refractivity contribution is -0.183. The Bertz CT molecular complexity index is 406. The second-order valence-electron chi connectivity index (χ2n) is 4.94. The summed E-state index contributed by atoms with van der Waals surface area (Å²) in [4.78, 5) is 33.4. The van der Waals surface area contributed by atoms with Gasteiger partial charge in [0.15, 0.2) is 11.7 Å². The lowest BCUT2D eigenvalue weighted by atomic mass is 9.92. The normalized spacial score (nSPS) is 32.5. The quantitative estimate of drug-likeness (QED) is 0.552. The summed E-state index contributed by atoms with van der Waals surface area (Å²) >= 11 is 0. The molecule has 0 N–H and O–H groups in total. The molecule has 0 bridgehead atoms. The summed E-state index contributed by atoms with van der Waals surface area (Å²) in [7, 11) is 0. The standard InChI is InChI=1S/C13H20O7/c1-7-12(19-9(3)15)13(5,20-10(4)16)11(18-7)6-17-8(2)14/h7,11-12H,6H2,1-5H3/t7-,11+,12-,13-/m0/s1. The van der Waals surface area contributed by atoms with Crippen LogP contribution in [0.1, 0.15) is 34.6 Å². The van der Waals surface area contributed by atoms with Crippen LogP contribution in [0.2, 0.25) is 0 Å². The Kier molecular flexibility index (Phi) is 5.10. The van der Waals surface area contributed by atoms with Gasteiger partial charge in [0.1, 0.15) is 12.7 Å². The van der Waals surface area contributed by atoms with E-state index in [9.17, 15) is 14.4 Å². The van der Waals surface area contributed by atoms with Crippen molar-refractivity contribution in [2.45, 2.75) is 58.5 Å². The third kappa shape index (κ3) is 3.69. The van der Waals surface area contributed by atoms with Gasteiger partial charge in [0.25, 0.3) is 0 Å². The summed E-state index contributed by atoms with van der Waals surface area (Å²) in [6.07, 6.45) is -1.94. The Morgan fingerprint density at radius 1 is 1.10 bits per heavy atom. The number of rotatable bonds is 4. The van der Waals surface area contributed by atoms with Crippen molar-refractivity contribution in [3.8, 4) is 0 Å². The molecule has 0 saturated carbocycles. The van der Waals surface area contributed by atoms with E-state index in [0.717, 1.165) is 0 Å². The molecule has 20 heavy (non-hydrogen) atoms. The topological polar surface area (TPSA) is 88.1 Å². The third-order valence-corrected chi connectivity index (χ3v) is 3.10. The number of hydrogen-bond donors (Lipinski definition) is 0. The first-order valence-electron chi connectivity index (χ1n) is 6.32. The van der Waals surface area contributed by atoms with Gasteiger partial charge >= 0.3 is 17.9 Å². The molecular weight excluding hydrogens is 268 g/mol. The number of esters is 3. The van der Waals surface area contributed by atoms with Crippen LogP contribution >= 0.6 is 0 Å². The monoisotopic (exact) mass is 288 g/mol. The molecule has 1 heterocycles. The van der Waals surface area contributed by atoms with E-state index in [0.29, 0.717) is 0 Å². The van der Waals surface area contributed by atoms with E-state index < -0.39 is 41.8 Å². The van der Waals surface area contributed by atoms with Crippen LogP contribution in [0.4, 0.5) is 0 Å². The number of carbonyl (C=O) groups is 3. The molecule has 0 unspecified atom stereocenters. The van der Waals surface area contributed by atoms with Crippen LogP contribution < -0.4 is 0 Å². The van der Waals surface area contributed by atoms with Gasteiger partial charge in [-0.25, -0.2) is 0 Å². The average molecular weight is 288 g/mol. The zero-order valence-electron chi connectivity index (χ0n) is 12.3. The maximum absolute atomic E-state index is 11.3. The molecule has 1 fully saturated rings. The smallest absolute Gasteiger partial charge is 0.303 e. The highest BCUT2D eigenvalue weighted by atomic mass is 16.7. The minimum Gasteiger partial charge on any atom is -0.463 e. The highest BCUT2D eigenvalue weighted by molar-refractivity contribution is 5.68. The molecule has 1 rings (SSSR count). The number of carbonyl (C=O) groups excluding carboxylic acids is 3. The molecule has 0 radical (unpaired) electrons. The Morgan fingerprint density at radius 3 is 2.15 bits per heavy atom. The van der Waals surface area contributed by atoms with E-state index in [1.807, 2.05) is 0 Å². The van der Waals surface area contributed by atoms with Gasteiger partial charge in [0, 0.05) is 20.8 Å². The first-order valence-corrected chi connectivity index (χ1v) is 6.32. The Labute approximate surface area is 117 Å². The van der Waals surface area contributed by atoms with Crippen LogP contribution in [-0.2, 0) is 33.3 Å². The largest absolute Gasteiger partial charge is 0.463 e. The molecule has 0 spiro atoms.